The number of carbonyl (C=O) groups is 1. The molecule has 3 aromatic rings. The fourth-order valence-electron chi connectivity index (χ4n) is 2.63. The maximum Gasteiger partial charge on any atom is 0.248 e. The Balaban J connectivity index is 1.58. The van der Waals surface area contributed by atoms with Crippen molar-refractivity contribution in [2.45, 2.75) is 25.3 Å². The average Bonchev–Trinajstić information content (AvgIpc) is 3.16. The van der Waals surface area contributed by atoms with Crippen LogP contribution in [-0.2, 0) is 21.4 Å². The van der Waals surface area contributed by atoms with Gasteiger partial charge in [-0.2, -0.15) is 0 Å². The van der Waals surface area contributed by atoms with Crippen LogP contribution in [0.3, 0.4) is 0 Å². The lowest BCUT2D eigenvalue weighted by atomic mass is 10.1. The van der Waals surface area contributed by atoms with Gasteiger partial charge in [-0.15, -0.1) is 0 Å². The van der Waals surface area contributed by atoms with Crippen LogP contribution >= 0.6 is 0 Å². The minimum absolute atomic E-state index is 0.0136. The molecule has 0 radical (unpaired) electrons. The van der Waals surface area contributed by atoms with Crippen LogP contribution in [0, 0.1) is 13.8 Å². The van der Waals surface area contributed by atoms with Gasteiger partial charge in [-0.3, -0.25) is 4.79 Å². The molecule has 0 aliphatic carbocycles. The largest absolute Gasteiger partial charge is 0.460 e. The first-order valence-corrected chi connectivity index (χ1v) is 10.5. The van der Waals surface area contributed by atoms with Gasteiger partial charge in [0.05, 0.1) is 11.4 Å². The maximum atomic E-state index is 12.2. The highest BCUT2D eigenvalue weighted by molar-refractivity contribution is 7.89. The SMILES string of the molecule is Cc1ccc(C)c(NC(=O)/C=C/c2ccc(CNS(=O)(=O)c3ccccc3)o2)c1. The molecule has 0 saturated carbocycles. The summed E-state index contributed by atoms with van der Waals surface area (Å²) in [4.78, 5) is 12.3. The third-order valence-corrected chi connectivity index (χ3v) is 5.64. The Hall–Kier alpha value is -3.16. The zero-order chi connectivity index (χ0) is 20.9. The van der Waals surface area contributed by atoms with Crippen molar-refractivity contribution in [2.75, 3.05) is 5.32 Å². The molecule has 1 heterocycles. The first kappa shape index (κ1) is 20.6. The Morgan fingerprint density at radius 2 is 1.79 bits per heavy atom. The molecule has 0 spiro atoms. The molecule has 29 heavy (non-hydrogen) atoms. The molecule has 0 saturated heterocycles. The molecule has 2 N–H and O–H groups in total. The number of anilines is 1. The van der Waals surface area contributed by atoms with Crippen LogP contribution in [0.15, 0.2) is 76.1 Å². The minimum atomic E-state index is -3.61. The molecule has 2 aromatic carbocycles. The first-order chi connectivity index (χ1) is 13.8. The molecule has 0 atom stereocenters. The van der Waals surface area contributed by atoms with Crippen LogP contribution in [0.25, 0.3) is 6.08 Å². The molecule has 0 fully saturated rings. The van der Waals surface area contributed by atoms with E-state index in [2.05, 4.69) is 10.0 Å². The molecule has 6 nitrogen and oxygen atoms in total. The third kappa shape index (κ3) is 5.66. The Morgan fingerprint density at radius 1 is 1.03 bits per heavy atom. The highest BCUT2D eigenvalue weighted by Crippen LogP contribution is 2.17. The number of sulfonamides is 1. The van der Waals surface area contributed by atoms with E-state index in [0.717, 1.165) is 16.8 Å². The summed E-state index contributed by atoms with van der Waals surface area (Å²) in [6, 6.07) is 17.3. The van der Waals surface area contributed by atoms with Crippen LogP contribution in [0.1, 0.15) is 22.6 Å². The van der Waals surface area contributed by atoms with E-state index in [9.17, 15) is 13.2 Å². The molecule has 0 aliphatic heterocycles. The summed E-state index contributed by atoms with van der Waals surface area (Å²) in [6.07, 6.45) is 2.91. The van der Waals surface area contributed by atoms with E-state index in [-0.39, 0.29) is 17.3 Å². The number of hydrogen-bond acceptors (Lipinski definition) is 4. The fourth-order valence-corrected chi connectivity index (χ4v) is 3.65. The number of carbonyl (C=O) groups excluding carboxylic acids is 1. The zero-order valence-electron chi connectivity index (χ0n) is 16.2. The Bertz CT molecular complexity index is 1130. The van der Waals surface area contributed by atoms with Gasteiger partial charge in [-0.1, -0.05) is 30.3 Å². The molecule has 0 aliphatic rings. The van der Waals surface area contributed by atoms with E-state index >= 15 is 0 Å². The van der Waals surface area contributed by atoms with E-state index in [1.807, 2.05) is 32.0 Å². The van der Waals surface area contributed by atoms with Gasteiger partial charge in [-0.25, -0.2) is 13.1 Å². The summed E-state index contributed by atoms with van der Waals surface area (Å²) in [7, 11) is -3.61. The maximum absolute atomic E-state index is 12.2. The van der Waals surface area contributed by atoms with Crippen molar-refractivity contribution < 1.29 is 17.6 Å². The van der Waals surface area contributed by atoms with Gasteiger partial charge < -0.3 is 9.73 Å². The number of rotatable bonds is 7. The van der Waals surface area contributed by atoms with Crippen molar-refractivity contribution in [1.82, 2.24) is 4.72 Å². The molecule has 1 amide bonds. The second-order valence-corrected chi connectivity index (χ2v) is 8.35. The molecule has 0 unspecified atom stereocenters. The van der Waals surface area contributed by atoms with Gasteiger partial charge >= 0.3 is 0 Å². The van der Waals surface area contributed by atoms with E-state index < -0.39 is 10.0 Å². The normalized spacial score (nSPS) is 11.7. The average molecular weight is 410 g/mol. The lowest BCUT2D eigenvalue weighted by molar-refractivity contribution is -0.111. The summed E-state index contributed by atoms with van der Waals surface area (Å²) >= 11 is 0. The van der Waals surface area contributed by atoms with Crippen LogP contribution < -0.4 is 10.0 Å². The van der Waals surface area contributed by atoms with Crippen molar-refractivity contribution in [3.63, 3.8) is 0 Å². The van der Waals surface area contributed by atoms with Crippen molar-refractivity contribution in [3.8, 4) is 0 Å². The lowest BCUT2D eigenvalue weighted by Crippen LogP contribution is -2.22. The number of furan rings is 1. The van der Waals surface area contributed by atoms with Crippen molar-refractivity contribution in [2.24, 2.45) is 0 Å². The topological polar surface area (TPSA) is 88.4 Å². The van der Waals surface area contributed by atoms with Crippen LogP contribution in [0.2, 0.25) is 0 Å². The van der Waals surface area contributed by atoms with Gasteiger partial charge in [0, 0.05) is 11.8 Å². The highest BCUT2D eigenvalue weighted by atomic mass is 32.2. The standard InChI is InChI=1S/C22H22N2O4S/c1-16-8-9-17(2)21(14-16)24-22(25)13-12-18-10-11-19(28-18)15-23-29(26,27)20-6-4-3-5-7-20/h3-14,23H,15H2,1-2H3,(H,24,25)/b13-12+. The van der Waals surface area contributed by atoms with Gasteiger partial charge in [0.1, 0.15) is 11.5 Å². The summed E-state index contributed by atoms with van der Waals surface area (Å²) < 4.78 is 32.5. The van der Waals surface area contributed by atoms with Gasteiger partial charge in [0.2, 0.25) is 15.9 Å². The Morgan fingerprint density at radius 3 is 2.55 bits per heavy atom. The predicted octanol–water partition coefficient (Wildman–Crippen LogP) is 4.03. The Kier molecular flexibility index (Phi) is 6.31. The van der Waals surface area contributed by atoms with Crippen molar-refractivity contribution in [1.29, 1.82) is 0 Å². The molecule has 3 rings (SSSR count). The number of amides is 1. The minimum Gasteiger partial charge on any atom is -0.460 e. The third-order valence-electron chi connectivity index (χ3n) is 4.22. The molecule has 1 aromatic heterocycles. The molecule has 7 heteroatoms. The molecule has 0 bridgehead atoms. The summed E-state index contributed by atoms with van der Waals surface area (Å²) in [5.41, 5.74) is 2.79. The number of benzene rings is 2. The molecular formula is C22H22N2O4S. The van der Waals surface area contributed by atoms with Crippen LogP contribution in [-0.4, -0.2) is 14.3 Å². The predicted molar refractivity (Wildman–Crippen MR) is 113 cm³/mol. The fraction of sp³-hybridized carbons (Fsp3) is 0.136. The lowest BCUT2D eigenvalue weighted by Gasteiger charge is -2.07. The van der Waals surface area contributed by atoms with Gasteiger partial charge in [0.15, 0.2) is 0 Å². The molecule has 150 valence electrons. The summed E-state index contributed by atoms with van der Waals surface area (Å²) in [5, 5.41) is 2.83. The number of aryl methyl sites for hydroxylation is 2. The van der Waals surface area contributed by atoms with Gasteiger partial charge in [0.25, 0.3) is 0 Å². The zero-order valence-corrected chi connectivity index (χ0v) is 17.0. The summed E-state index contributed by atoms with van der Waals surface area (Å²) in [6.45, 7) is 3.90. The monoisotopic (exact) mass is 410 g/mol. The van der Waals surface area contributed by atoms with Crippen LogP contribution in [0.5, 0.6) is 0 Å². The second kappa shape index (κ2) is 8.89. The first-order valence-electron chi connectivity index (χ1n) is 9.03. The number of hydrogen-bond donors (Lipinski definition) is 2. The molecular weight excluding hydrogens is 388 g/mol. The van der Waals surface area contributed by atoms with E-state index in [1.54, 1.807) is 30.3 Å². The van der Waals surface area contributed by atoms with Gasteiger partial charge in [-0.05, 0) is 61.4 Å². The van der Waals surface area contributed by atoms with Crippen LogP contribution in [0.4, 0.5) is 5.69 Å². The number of nitrogens with one attached hydrogen (secondary N) is 2. The quantitative estimate of drug-likeness (QED) is 0.576. The van der Waals surface area contributed by atoms with E-state index in [0.29, 0.717) is 11.5 Å². The second-order valence-electron chi connectivity index (χ2n) is 6.58. The summed E-state index contributed by atoms with van der Waals surface area (Å²) in [5.74, 6) is 0.621. The van der Waals surface area contributed by atoms with Crippen molar-refractivity contribution >= 4 is 27.7 Å². The van der Waals surface area contributed by atoms with Crippen molar-refractivity contribution in [3.05, 3.63) is 89.4 Å². The smallest absolute Gasteiger partial charge is 0.248 e. The highest BCUT2D eigenvalue weighted by Gasteiger charge is 2.13. The van der Waals surface area contributed by atoms with E-state index in [1.165, 1.54) is 24.3 Å². The van der Waals surface area contributed by atoms with E-state index in [4.69, 9.17) is 4.42 Å². The Labute approximate surface area is 170 Å².